The van der Waals surface area contributed by atoms with Gasteiger partial charge in [-0.3, -0.25) is 19.4 Å². The molecule has 0 spiro atoms. The zero-order valence-electron chi connectivity index (χ0n) is 11.1. The number of amides is 4. The number of rotatable bonds is 6. The number of ether oxygens (including phenoxy) is 1. The number of urea groups is 1. The molecule has 1 aromatic carbocycles. The highest BCUT2D eigenvalue weighted by atomic mass is 35.5. The number of imide groups is 2. The minimum absolute atomic E-state index is 0.00899. The van der Waals surface area contributed by atoms with Crippen molar-refractivity contribution in [1.29, 1.82) is 0 Å². The van der Waals surface area contributed by atoms with Crippen LogP contribution in [0.5, 0.6) is 5.75 Å². The molecule has 1 fully saturated rings. The Bertz CT molecular complexity index is 602. The molecule has 1 aliphatic rings. The van der Waals surface area contributed by atoms with Crippen molar-refractivity contribution in [2.75, 3.05) is 19.7 Å². The van der Waals surface area contributed by atoms with Crippen LogP contribution in [0.2, 0.25) is 5.02 Å². The molecule has 0 radical (unpaired) electrons. The number of hydrogen-bond donors (Lipinski definition) is 0. The van der Waals surface area contributed by atoms with Crippen molar-refractivity contribution in [3.05, 3.63) is 41.9 Å². The lowest BCUT2D eigenvalue weighted by Gasteiger charge is -2.14. The normalized spacial score (nSPS) is 14.8. The average Bonchev–Trinajstić information content (AvgIpc) is 2.65. The Morgan fingerprint density at radius 1 is 1.19 bits per heavy atom. The van der Waals surface area contributed by atoms with Gasteiger partial charge in [-0.1, -0.05) is 23.7 Å². The van der Waals surface area contributed by atoms with E-state index in [-0.39, 0.29) is 19.7 Å². The molecule has 0 unspecified atom stereocenters. The van der Waals surface area contributed by atoms with Crippen LogP contribution in [-0.2, 0) is 9.59 Å². The number of carbonyl (C=O) groups is 3. The van der Waals surface area contributed by atoms with Gasteiger partial charge in [-0.2, -0.15) is 0 Å². The van der Waals surface area contributed by atoms with Gasteiger partial charge in [0, 0.05) is 11.6 Å². The molecule has 7 heteroatoms. The molecule has 0 bridgehead atoms. The summed E-state index contributed by atoms with van der Waals surface area (Å²) in [6.07, 6.45) is 1.38. The summed E-state index contributed by atoms with van der Waals surface area (Å²) in [5.74, 6) is -1.17. The molecule has 21 heavy (non-hydrogen) atoms. The highest BCUT2D eigenvalue weighted by Gasteiger charge is 2.43. The molecule has 110 valence electrons. The lowest BCUT2D eigenvalue weighted by Crippen LogP contribution is -2.36. The number of halogens is 1. The maximum Gasteiger partial charge on any atom is 0.334 e. The van der Waals surface area contributed by atoms with E-state index < -0.39 is 17.8 Å². The Kier molecular flexibility index (Phi) is 4.59. The molecule has 1 heterocycles. The van der Waals surface area contributed by atoms with Crippen LogP contribution in [0.3, 0.4) is 0 Å². The fourth-order valence-corrected chi connectivity index (χ4v) is 2.03. The smallest absolute Gasteiger partial charge is 0.334 e. The Labute approximate surface area is 126 Å². The van der Waals surface area contributed by atoms with Crippen molar-refractivity contribution in [3.8, 4) is 5.75 Å². The van der Waals surface area contributed by atoms with Crippen LogP contribution < -0.4 is 4.74 Å². The Morgan fingerprint density at radius 3 is 2.57 bits per heavy atom. The molecule has 0 atom stereocenters. The molecular weight excluding hydrogens is 296 g/mol. The molecule has 0 N–H and O–H groups in total. The van der Waals surface area contributed by atoms with Crippen LogP contribution in [0, 0.1) is 0 Å². The van der Waals surface area contributed by atoms with Gasteiger partial charge in [0.15, 0.2) is 0 Å². The van der Waals surface area contributed by atoms with Crippen molar-refractivity contribution in [2.24, 2.45) is 0 Å². The van der Waals surface area contributed by atoms with Crippen LogP contribution in [0.15, 0.2) is 36.9 Å². The zero-order valence-corrected chi connectivity index (χ0v) is 11.9. The van der Waals surface area contributed by atoms with E-state index in [0.29, 0.717) is 10.8 Å². The van der Waals surface area contributed by atoms with Gasteiger partial charge >= 0.3 is 17.8 Å². The minimum atomic E-state index is -0.850. The third-order valence-corrected chi connectivity index (χ3v) is 3.06. The summed E-state index contributed by atoms with van der Waals surface area (Å²) < 4.78 is 5.40. The second-order valence-electron chi connectivity index (χ2n) is 4.25. The van der Waals surface area contributed by atoms with Gasteiger partial charge in [-0.15, -0.1) is 6.58 Å². The Balaban J connectivity index is 1.94. The van der Waals surface area contributed by atoms with E-state index >= 15 is 0 Å². The number of nitrogens with zero attached hydrogens (tertiary/aromatic N) is 2. The third kappa shape index (κ3) is 3.22. The maximum absolute atomic E-state index is 11.9. The summed E-state index contributed by atoms with van der Waals surface area (Å²) in [5.41, 5.74) is 0. The van der Waals surface area contributed by atoms with Gasteiger partial charge in [0.05, 0.1) is 6.54 Å². The lowest BCUT2D eigenvalue weighted by atomic mass is 10.3. The predicted octanol–water partition coefficient (Wildman–Crippen LogP) is 1.70. The molecule has 1 aliphatic heterocycles. The monoisotopic (exact) mass is 308 g/mol. The SMILES string of the molecule is C=CCN1C(=O)C(=O)N(CCOc2cccc(Cl)c2)C1=O. The lowest BCUT2D eigenvalue weighted by molar-refractivity contribution is -0.143. The van der Waals surface area contributed by atoms with Crippen LogP contribution in [0.25, 0.3) is 0 Å². The second kappa shape index (κ2) is 6.41. The number of benzene rings is 1. The molecular formula is C14H13ClN2O4. The van der Waals surface area contributed by atoms with Crippen molar-refractivity contribution in [2.45, 2.75) is 0 Å². The zero-order chi connectivity index (χ0) is 15.4. The standard InChI is InChI=1S/C14H13ClN2O4/c1-2-6-16-12(18)13(19)17(14(16)20)7-8-21-11-5-3-4-10(15)9-11/h2-5,9H,1,6-8H2. The number of carbonyl (C=O) groups excluding carboxylic acids is 3. The van der Waals surface area contributed by atoms with Crippen molar-refractivity contribution in [1.82, 2.24) is 9.80 Å². The molecule has 0 aromatic heterocycles. The van der Waals surface area contributed by atoms with Gasteiger partial charge in [-0.25, -0.2) is 4.79 Å². The van der Waals surface area contributed by atoms with Gasteiger partial charge in [-0.05, 0) is 18.2 Å². The summed E-state index contributed by atoms with van der Waals surface area (Å²) >= 11 is 5.81. The highest BCUT2D eigenvalue weighted by molar-refractivity contribution is 6.44. The first-order valence-corrected chi connectivity index (χ1v) is 6.59. The topological polar surface area (TPSA) is 66.9 Å². The van der Waals surface area contributed by atoms with Crippen molar-refractivity contribution < 1.29 is 19.1 Å². The Hall–Kier alpha value is -2.34. The quantitative estimate of drug-likeness (QED) is 0.456. The van der Waals surface area contributed by atoms with Gasteiger partial charge in [0.1, 0.15) is 12.4 Å². The molecule has 6 nitrogen and oxygen atoms in total. The summed E-state index contributed by atoms with van der Waals surface area (Å²) in [7, 11) is 0. The fourth-order valence-electron chi connectivity index (χ4n) is 1.85. The van der Waals surface area contributed by atoms with E-state index in [1.807, 2.05) is 0 Å². The molecule has 1 aromatic rings. The first-order valence-electron chi connectivity index (χ1n) is 6.21. The summed E-state index contributed by atoms with van der Waals surface area (Å²) in [6, 6.07) is 6.09. The van der Waals surface area contributed by atoms with Crippen molar-refractivity contribution in [3.63, 3.8) is 0 Å². The van der Waals surface area contributed by atoms with Crippen LogP contribution in [-0.4, -0.2) is 47.3 Å². The van der Waals surface area contributed by atoms with E-state index in [9.17, 15) is 14.4 Å². The van der Waals surface area contributed by atoms with E-state index in [4.69, 9.17) is 16.3 Å². The van der Waals surface area contributed by atoms with E-state index in [1.54, 1.807) is 24.3 Å². The Morgan fingerprint density at radius 2 is 1.90 bits per heavy atom. The number of hydrogen-bond acceptors (Lipinski definition) is 4. The fraction of sp³-hybridized carbons (Fsp3) is 0.214. The van der Waals surface area contributed by atoms with Gasteiger partial charge in [0.2, 0.25) is 0 Å². The molecule has 0 saturated carbocycles. The largest absolute Gasteiger partial charge is 0.492 e. The molecule has 1 saturated heterocycles. The maximum atomic E-state index is 11.9. The first-order chi connectivity index (χ1) is 10.0. The second-order valence-corrected chi connectivity index (χ2v) is 4.69. The highest BCUT2D eigenvalue weighted by Crippen LogP contribution is 2.17. The van der Waals surface area contributed by atoms with Crippen LogP contribution in [0.4, 0.5) is 4.79 Å². The van der Waals surface area contributed by atoms with Crippen LogP contribution in [0.1, 0.15) is 0 Å². The third-order valence-electron chi connectivity index (χ3n) is 2.83. The van der Waals surface area contributed by atoms with Crippen molar-refractivity contribution >= 4 is 29.4 Å². The molecule has 4 amide bonds. The first kappa shape index (κ1) is 15.1. The van der Waals surface area contributed by atoms with Gasteiger partial charge < -0.3 is 4.74 Å². The van der Waals surface area contributed by atoms with Gasteiger partial charge in [0.25, 0.3) is 0 Å². The van der Waals surface area contributed by atoms with Crippen LogP contribution >= 0.6 is 11.6 Å². The van der Waals surface area contributed by atoms with E-state index in [1.165, 1.54) is 6.08 Å². The average molecular weight is 309 g/mol. The summed E-state index contributed by atoms with van der Waals surface area (Å²) in [5, 5.41) is 0.521. The molecule has 2 rings (SSSR count). The summed E-state index contributed by atoms with van der Waals surface area (Å²) in [6.45, 7) is 3.52. The van der Waals surface area contributed by atoms with E-state index in [0.717, 1.165) is 9.80 Å². The minimum Gasteiger partial charge on any atom is -0.492 e. The summed E-state index contributed by atoms with van der Waals surface area (Å²) in [4.78, 5) is 36.9. The predicted molar refractivity (Wildman–Crippen MR) is 76.0 cm³/mol. The van der Waals surface area contributed by atoms with E-state index in [2.05, 4.69) is 6.58 Å². The molecule has 0 aliphatic carbocycles.